The fourth-order valence-electron chi connectivity index (χ4n) is 3.08. The number of benzene rings is 1. The van der Waals surface area contributed by atoms with Gasteiger partial charge in [-0.15, -0.1) is 0 Å². The number of dihydropyridines is 1. The van der Waals surface area contributed by atoms with Crippen LogP contribution in [0, 0.1) is 0 Å². The molecule has 2 N–H and O–H groups in total. The minimum absolute atomic E-state index is 0.0971. The molecule has 24 heavy (non-hydrogen) atoms. The molecule has 1 aromatic rings. The highest BCUT2D eigenvalue weighted by molar-refractivity contribution is 5.99. The molecule has 0 aromatic heterocycles. The van der Waals surface area contributed by atoms with E-state index in [0.29, 0.717) is 28.5 Å². The summed E-state index contributed by atoms with van der Waals surface area (Å²) in [6.45, 7) is 3.50. The second kappa shape index (κ2) is 5.92. The normalized spacial score (nSPS) is 19.2. The minimum Gasteiger partial charge on any atom is -0.478 e. The number of hydrogen-bond donors (Lipinski definition) is 2. The maximum Gasteiger partial charge on any atom is 0.336 e. The van der Waals surface area contributed by atoms with Gasteiger partial charge >= 0.3 is 11.9 Å². The lowest BCUT2D eigenvalue weighted by molar-refractivity contribution is -0.136. The van der Waals surface area contributed by atoms with E-state index in [0.717, 1.165) is 0 Å². The van der Waals surface area contributed by atoms with Crippen molar-refractivity contribution in [3.05, 3.63) is 46.3 Å². The molecule has 0 saturated heterocycles. The summed E-state index contributed by atoms with van der Waals surface area (Å²) in [7, 11) is 1.27. The highest BCUT2D eigenvalue weighted by Crippen LogP contribution is 2.42. The van der Waals surface area contributed by atoms with Crippen LogP contribution in [0.5, 0.6) is 11.5 Å². The van der Waals surface area contributed by atoms with E-state index in [1.54, 1.807) is 32.0 Å². The molecule has 1 aromatic carbocycles. The number of fused-ring (bicyclic) bond motifs is 1. The third-order valence-electron chi connectivity index (χ3n) is 4.13. The van der Waals surface area contributed by atoms with Gasteiger partial charge in [-0.2, -0.15) is 0 Å². The quantitative estimate of drug-likeness (QED) is 0.817. The van der Waals surface area contributed by atoms with Crippen molar-refractivity contribution in [2.45, 2.75) is 19.8 Å². The van der Waals surface area contributed by atoms with Crippen LogP contribution >= 0.6 is 0 Å². The van der Waals surface area contributed by atoms with E-state index < -0.39 is 17.9 Å². The molecule has 0 fully saturated rings. The van der Waals surface area contributed by atoms with Crippen molar-refractivity contribution in [1.29, 1.82) is 0 Å². The summed E-state index contributed by atoms with van der Waals surface area (Å²) in [6.07, 6.45) is 0. The highest BCUT2D eigenvalue weighted by atomic mass is 16.7. The zero-order valence-corrected chi connectivity index (χ0v) is 13.5. The number of aliphatic carboxylic acids is 1. The molecule has 1 atom stereocenters. The molecule has 0 aliphatic carbocycles. The number of esters is 1. The number of carboxylic acid groups (broad SMARTS) is 1. The van der Waals surface area contributed by atoms with E-state index >= 15 is 0 Å². The number of hydrogen-bond acceptors (Lipinski definition) is 6. The van der Waals surface area contributed by atoms with E-state index in [1.165, 1.54) is 7.11 Å². The van der Waals surface area contributed by atoms with Crippen LogP contribution in [0.2, 0.25) is 0 Å². The first-order chi connectivity index (χ1) is 11.4. The van der Waals surface area contributed by atoms with Gasteiger partial charge in [0.1, 0.15) is 0 Å². The minimum atomic E-state index is -1.10. The Labute approximate surface area is 138 Å². The first-order valence-electron chi connectivity index (χ1n) is 7.33. The number of allylic oxidation sites excluding steroid dienone is 2. The van der Waals surface area contributed by atoms with Gasteiger partial charge in [0.15, 0.2) is 11.5 Å². The van der Waals surface area contributed by atoms with Crippen LogP contribution in [0.1, 0.15) is 25.3 Å². The molecule has 7 nitrogen and oxygen atoms in total. The van der Waals surface area contributed by atoms with Crippen molar-refractivity contribution in [3.8, 4) is 11.5 Å². The molecule has 0 radical (unpaired) electrons. The topological polar surface area (TPSA) is 94.1 Å². The zero-order chi connectivity index (χ0) is 17.4. The van der Waals surface area contributed by atoms with Crippen molar-refractivity contribution in [1.82, 2.24) is 5.32 Å². The van der Waals surface area contributed by atoms with Gasteiger partial charge in [-0.05, 0) is 31.5 Å². The van der Waals surface area contributed by atoms with Crippen molar-refractivity contribution >= 4 is 11.9 Å². The highest BCUT2D eigenvalue weighted by Gasteiger charge is 2.37. The molecule has 3 rings (SSSR count). The summed E-state index contributed by atoms with van der Waals surface area (Å²) < 4.78 is 15.5. The van der Waals surface area contributed by atoms with Crippen LogP contribution in [0.25, 0.3) is 0 Å². The molecule has 0 spiro atoms. The average molecular weight is 331 g/mol. The molecule has 0 bridgehead atoms. The smallest absolute Gasteiger partial charge is 0.336 e. The summed E-state index contributed by atoms with van der Waals surface area (Å²) in [5.41, 5.74) is 2.03. The molecule has 2 aliphatic heterocycles. The molecular formula is C17H17NO6. The zero-order valence-electron chi connectivity index (χ0n) is 13.5. The van der Waals surface area contributed by atoms with Crippen molar-refractivity contribution in [2.75, 3.05) is 13.9 Å². The Balaban J connectivity index is 2.18. The average Bonchev–Trinajstić information content (AvgIpc) is 3.00. The third-order valence-corrected chi connectivity index (χ3v) is 4.13. The molecule has 7 heteroatoms. The van der Waals surface area contributed by atoms with E-state index in [9.17, 15) is 14.7 Å². The van der Waals surface area contributed by atoms with Crippen molar-refractivity contribution in [2.24, 2.45) is 0 Å². The molecule has 1 unspecified atom stereocenters. The monoisotopic (exact) mass is 331 g/mol. The van der Waals surface area contributed by atoms with E-state index in [2.05, 4.69) is 5.32 Å². The lowest BCUT2D eigenvalue weighted by Gasteiger charge is -2.29. The molecule has 2 aliphatic rings. The Hall–Kier alpha value is -2.96. The van der Waals surface area contributed by atoms with Crippen molar-refractivity contribution < 1.29 is 28.9 Å². The third kappa shape index (κ3) is 2.47. The second-order valence-electron chi connectivity index (χ2n) is 5.54. The van der Waals surface area contributed by atoms with Gasteiger partial charge in [0, 0.05) is 11.4 Å². The Morgan fingerprint density at radius 3 is 2.50 bits per heavy atom. The summed E-state index contributed by atoms with van der Waals surface area (Å²) in [6, 6.07) is 5.14. The van der Waals surface area contributed by atoms with Crippen LogP contribution in [0.15, 0.2) is 40.7 Å². The molecular weight excluding hydrogens is 314 g/mol. The van der Waals surface area contributed by atoms with Gasteiger partial charge in [0.25, 0.3) is 0 Å². The first kappa shape index (κ1) is 15.9. The van der Waals surface area contributed by atoms with Gasteiger partial charge in [0.2, 0.25) is 6.79 Å². The van der Waals surface area contributed by atoms with Crippen molar-refractivity contribution in [3.63, 3.8) is 0 Å². The summed E-state index contributed by atoms with van der Waals surface area (Å²) in [4.78, 5) is 24.1. The summed E-state index contributed by atoms with van der Waals surface area (Å²) in [5, 5.41) is 12.6. The lowest BCUT2D eigenvalue weighted by Crippen LogP contribution is -2.31. The Morgan fingerprint density at radius 2 is 1.83 bits per heavy atom. The van der Waals surface area contributed by atoms with Gasteiger partial charge in [-0.3, -0.25) is 0 Å². The number of rotatable bonds is 3. The number of methoxy groups -OCH3 is 1. The number of carbonyl (C=O) groups is 2. The molecule has 0 amide bonds. The number of nitrogens with one attached hydrogen (secondary N) is 1. The predicted octanol–water partition coefficient (Wildman–Crippen LogP) is 1.91. The predicted molar refractivity (Wildman–Crippen MR) is 83.5 cm³/mol. The standard InChI is InChI=1S/C17H17NO6/c1-8-13(16(19)20)15(14(9(2)18-8)17(21)22-3)10-4-5-11-12(6-10)24-7-23-11/h4-6,15,18H,7H2,1-3H3,(H,19,20). The fourth-order valence-corrected chi connectivity index (χ4v) is 3.08. The molecule has 0 saturated carbocycles. The second-order valence-corrected chi connectivity index (χ2v) is 5.54. The largest absolute Gasteiger partial charge is 0.478 e. The Bertz CT molecular complexity index is 792. The molecule has 2 heterocycles. The SMILES string of the molecule is COC(=O)C1=C(C)NC(C)=C(C(=O)O)C1c1ccc2c(c1)OCO2. The summed E-state index contributed by atoms with van der Waals surface area (Å²) in [5.74, 6) is -1.32. The van der Waals surface area contributed by atoms with Crippen LogP contribution in [-0.4, -0.2) is 30.9 Å². The van der Waals surface area contributed by atoms with Crippen LogP contribution in [0.3, 0.4) is 0 Å². The number of carbonyl (C=O) groups excluding carboxylic acids is 1. The first-order valence-corrected chi connectivity index (χ1v) is 7.33. The van der Waals surface area contributed by atoms with E-state index in [4.69, 9.17) is 14.2 Å². The van der Waals surface area contributed by atoms with E-state index in [-0.39, 0.29) is 17.9 Å². The van der Waals surface area contributed by atoms with Crippen LogP contribution < -0.4 is 14.8 Å². The maximum absolute atomic E-state index is 12.3. The summed E-state index contributed by atoms with van der Waals surface area (Å²) >= 11 is 0. The van der Waals surface area contributed by atoms with Crippen LogP contribution in [-0.2, 0) is 14.3 Å². The number of ether oxygens (including phenoxy) is 3. The van der Waals surface area contributed by atoms with E-state index in [1.807, 2.05) is 0 Å². The fraction of sp³-hybridized carbons (Fsp3) is 0.294. The van der Waals surface area contributed by atoms with Gasteiger partial charge in [-0.25, -0.2) is 9.59 Å². The van der Waals surface area contributed by atoms with Crippen LogP contribution in [0.4, 0.5) is 0 Å². The number of carboxylic acids is 1. The Kier molecular flexibility index (Phi) is 3.92. The Morgan fingerprint density at radius 1 is 1.17 bits per heavy atom. The molecule has 126 valence electrons. The van der Waals surface area contributed by atoms with Gasteiger partial charge in [-0.1, -0.05) is 6.07 Å². The maximum atomic E-state index is 12.3. The van der Waals surface area contributed by atoms with Gasteiger partial charge < -0.3 is 24.6 Å². The lowest BCUT2D eigenvalue weighted by atomic mass is 9.80. The van der Waals surface area contributed by atoms with Gasteiger partial charge in [0.05, 0.1) is 24.2 Å².